The van der Waals surface area contributed by atoms with E-state index in [1.165, 1.54) is 7.11 Å². The second kappa shape index (κ2) is 5.59. The van der Waals surface area contributed by atoms with E-state index >= 15 is 0 Å². The Balaban J connectivity index is 2.05. The maximum absolute atomic E-state index is 13.1. The monoisotopic (exact) mass is 299 g/mol. The second-order valence-electron chi connectivity index (χ2n) is 6.13. The number of amides is 1. The Hall–Kier alpha value is -2.10. The minimum Gasteiger partial charge on any atom is -0.467 e. The van der Waals surface area contributed by atoms with Crippen molar-refractivity contribution < 1.29 is 14.3 Å². The minimum absolute atomic E-state index is 0.0608. The molecule has 0 aromatic heterocycles. The number of ether oxygens (including phenoxy) is 1. The van der Waals surface area contributed by atoms with Gasteiger partial charge in [-0.25, -0.2) is 4.79 Å². The number of nitrogens with zero attached hydrogens (tertiary/aromatic N) is 1. The molecule has 4 heteroatoms. The lowest BCUT2D eigenvalue weighted by molar-refractivity contribution is -0.159. The van der Waals surface area contributed by atoms with Gasteiger partial charge in [-0.05, 0) is 44.2 Å². The zero-order valence-corrected chi connectivity index (χ0v) is 12.9. The maximum Gasteiger partial charge on any atom is 0.331 e. The molecule has 2 fully saturated rings. The number of methoxy groups -OCH3 is 1. The summed E-state index contributed by atoms with van der Waals surface area (Å²) < 4.78 is 5.06. The van der Waals surface area contributed by atoms with Crippen molar-refractivity contribution in [3.8, 4) is 0 Å². The third-order valence-corrected chi connectivity index (χ3v) is 4.98. The third kappa shape index (κ3) is 2.14. The van der Waals surface area contributed by atoms with Gasteiger partial charge in [-0.3, -0.25) is 4.79 Å². The van der Waals surface area contributed by atoms with Gasteiger partial charge in [0.15, 0.2) is 0 Å². The molecule has 2 aliphatic heterocycles. The van der Waals surface area contributed by atoms with Crippen LogP contribution in [0.1, 0.15) is 42.5 Å². The van der Waals surface area contributed by atoms with E-state index in [-0.39, 0.29) is 17.9 Å². The smallest absolute Gasteiger partial charge is 0.331 e. The third-order valence-electron chi connectivity index (χ3n) is 4.98. The van der Waals surface area contributed by atoms with Gasteiger partial charge in [0.05, 0.1) is 13.2 Å². The lowest BCUT2D eigenvalue weighted by Crippen LogP contribution is -2.66. The highest BCUT2D eigenvalue weighted by molar-refractivity contribution is 5.99. The van der Waals surface area contributed by atoms with Gasteiger partial charge in [0, 0.05) is 5.56 Å². The molecule has 116 valence electrons. The molecule has 0 radical (unpaired) electrons. The van der Waals surface area contributed by atoms with E-state index in [9.17, 15) is 9.59 Å². The summed E-state index contributed by atoms with van der Waals surface area (Å²) in [7, 11) is 1.40. The van der Waals surface area contributed by atoms with Crippen molar-refractivity contribution in [1.29, 1.82) is 0 Å². The fourth-order valence-corrected chi connectivity index (χ4v) is 3.85. The Morgan fingerprint density at radius 1 is 1.27 bits per heavy atom. The Bertz CT molecular complexity index is 610. The first-order valence-corrected chi connectivity index (χ1v) is 7.75. The van der Waals surface area contributed by atoms with Gasteiger partial charge in [0.1, 0.15) is 5.54 Å². The standard InChI is InChI=1S/C18H21NO3/c1-13-10-12-18(17(21)22-2)11-6-9-15(13)19(18)16(20)14-7-4-3-5-8-14/h3-5,7-8,15H,1,6,9-12H2,2H3/t15-,18+/m0/s1. The summed E-state index contributed by atoms with van der Waals surface area (Å²) in [4.78, 5) is 27.3. The number of rotatable bonds is 2. The van der Waals surface area contributed by atoms with Gasteiger partial charge in [-0.15, -0.1) is 0 Å². The molecule has 2 atom stereocenters. The molecule has 0 spiro atoms. The van der Waals surface area contributed by atoms with E-state index < -0.39 is 5.54 Å². The fraction of sp³-hybridized carbons (Fsp3) is 0.444. The Kier molecular flexibility index (Phi) is 3.77. The van der Waals surface area contributed by atoms with E-state index in [1.807, 2.05) is 18.2 Å². The van der Waals surface area contributed by atoms with E-state index in [2.05, 4.69) is 6.58 Å². The summed E-state index contributed by atoms with van der Waals surface area (Å²) in [5.41, 5.74) is 0.826. The topological polar surface area (TPSA) is 46.6 Å². The van der Waals surface area contributed by atoms with Gasteiger partial charge in [0.25, 0.3) is 5.91 Å². The van der Waals surface area contributed by atoms with Crippen LogP contribution in [-0.4, -0.2) is 35.5 Å². The molecule has 0 unspecified atom stereocenters. The van der Waals surface area contributed by atoms with Gasteiger partial charge >= 0.3 is 5.97 Å². The molecule has 0 N–H and O–H groups in total. The molecular weight excluding hydrogens is 278 g/mol. The summed E-state index contributed by atoms with van der Waals surface area (Å²) in [6.07, 6.45) is 3.83. The van der Waals surface area contributed by atoms with Gasteiger partial charge in [-0.1, -0.05) is 30.4 Å². The molecule has 22 heavy (non-hydrogen) atoms. The first-order chi connectivity index (χ1) is 10.6. The predicted octanol–water partition coefficient (Wildman–Crippen LogP) is 2.94. The predicted molar refractivity (Wildman–Crippen MR) is 83.4 cm³/mol. The Labute approximate surface area is 130 Å². The van der Waals surface area contributed by atoms with Crippen LogP contribution in [0.2, 0.25) is 0 Å². The lowest BCUT2D eigenvalue weighted by Gasteiger charge is -2.53. The van der Waals surface area contributed by atoms with E-state index in [0.717, 1.165) is 24.8 Å². The summed E-state index contributed by atoms with van der Waals surface area (Å²) in [5.74, 6) is -0.398. The number of carbonyl (C=O) groups is 2. The summed E-state index contributed by atoms with van der Waals surface area (Å²) in [5, 5.41) is 0. The van der Waals surface area contributed by atoms with E-state index in [1.54, 1.807) is 17.0 Å². The van der Waals surface area contributed by atoms with Crippen LogP contribution in [0.15, 0.2) is 42.5 Å². The number of hydrogen-bond donors (Lipinski definition) is 0. The molecule has 4 nitrogen and oxygen atoms in total. The maximum atomic E-state index is 13.1. The average Bonchev–Trinajstić information content (AvgIpc) is 2.57. The molecule has 2 saturated heterocycles. The first kappa shape index (κ1) is 14.8. The van der Waals surface area contributed by atoms with Crippen LogP contribution in [-0.2, 0) is 9.53 Å². The van der Waals surface area contributed by atoms with Gasteiger partial charge in [0.2, 0.25) is 0 Å². The fourth-order valence-electron chi connectivity index (χ4n) is 3.85. The molecule has 3 rings (SSSR count). The van der Waals surface area contributed by atoms with Crippen LogP contribution in [0.3, 0.4) is 0 Å². The normalized spacial score (nSPS) is 27.4. The summed E-state index contributed by atoms with van der Waals surface area (Å²) >= 11 is 0. The number of piperidine rings is 2. The highest BCUT2D eigenvalue weighted by Gasteiger charge is 2.55. The molecule has 2 heterocycles. The first-order valence-electron chi connectivity index (χ1n) is 7.75. The Morgan fingerprint density at radius 3 is 2.68 bits per heavy atom. The molecule has 2 aliphatic rings. The number of fused-ring (bicyclic) bond motifs is 2. The molecule has 0 saturated carbocycles. The minimum atomic E-state index is -0.828. The summed E-state index contributed by atoms with van der Waals surface area (Å²) in [6, 6.07) is 9.08. The van der Waals surface area contributed by atoms with Crippen LogP contribution >= 0.6 is 0 Å². The highest BCUT2D eigenvalue weighted by Crippen LogP contribution is 2.45. The average molecular weight is 299 g/mol. The number of esters is 1. The molecule has 0 aliphatic carbocycles. The van der Waals surface area contributed by atoms with Crippen LogP contribution in [0.25, 0.3) is 0 Å². The molecule has 1 aromatic carbocycles. The highest BCUT2D eigenvalue weighted by atomic mass is 16.5. The zero-order valence-electron chi connectivity index (χ0n) is 12.9. The van der Waals surface area contributed by atoms with Crippen molar-refractivity contribution in [1.82, 2.24) is 4.90 Å². The van der Waals surface area contributed by atoms with E-state index in [4.69, 9.17) is 4.74 Å². The molecule has 1 aromatic rings. The zero-order chi connectivity index (χ0) is 15.7. The molecular formula is C18H21NO3. The van der Waals surface area contributed by atoms with Crippen molar-refractivity contribution in [3.63, 3.8) is 0 Å². The van der Waals surface area contributed by atoms with Crippen LogP contribution < -0.4 is 0 Å². The van der Waals surface area contributed by atoms with Crippen molar-refractivity contribution in [3.05, 3.63) is 48.0 Å². The SMILES string of the molecule is C=C1CC[C@@]2(C(=O)OC)CCC[C@@H]1N2C(=O)c1ccccc1. The van der Waals surface area contributed by atoms with E-state index in [0.29, 0.717) is 18.4 Å². The Morgan fingerprint density at radius 2 is 2.00 bits per heavy atom. The van der Waals surface area contributed by atoms with Crippen LogP contribution in [0.5, 0.6) is 0 Å². The lowest BCUT2D eigenvalue weighted by atomic mass is 9.72. The van der Waals surface area contributed by atoms with Crippen molar-refractivity contribution >= 4 is 11.9 Å². The number of carbonyl (C=O) groups excluding carboxylic acids is 2. The van der Waals surface area contributed by atoms with Crippen molar-refractivity contribution in [2.24, 2.45) is 0 Å². The van der Waals surface area contributed by atoms with Crippen molar-refractivity contribution in [2.75, 3.05) is 7.11 Å². The molecule has 2 bridgehead atoms. The van der Waals surface area contributed by atoms with Crippen LogP contribution in [0.4, 0.5) is 0 Å². The van der Waals surface area contributed by atoms with Crippen LogP contribution in [0, 0.1) is 0 Å². The van der Waals surface area contributed by atoms with Gasteiger partial charge < -0.3 is 9.64 Å². The second-order valence-corrected chi connectivity index (χ2v) is 6.13. The number of benzene rings is 1. The quantitative estimate of drug-likeness (QED) is 0.623. The molecule has 1 amide bonds. The largest absolute Gasteiger partial charge is 0.467 e. The summed E-state index contributed by atoms with van der Waals surface area (Å²) in [6.45, 7) is 4.13. The number of hydrogen-bond acceptors (Lipinski definition) is 3. The van der Waals surface area contributed by atoms with Gasteiger partial charge in [-0.2, -0.15) is 0 Å². The van der Waals surface area contributed by atoms with Crippen molar-refractivity contribution in [2.45, 2.75) is 43.7 Å².